The SMILES string of the molecule is CC.COC(=O)CC(=O)NCc1ccccc1.NCc1ccccc1. The van der Waals surface area contributed by atoms with Gasteiger partial charge in [-0.3, -0.25) is 9.59 Å². The second-order valence-corrected chi connectivity index (χ2v) is 4.70. The summed E-state index contributed by atoms with van der Waals surface area (Å²) in [5.74, 6) is -0.855. The lowest BCUT2D eigenvalue weighted by molar-refractivity contribution is -0.143. The number of nitrogens with one attached hydrogen (secondary N) is 1. The van der Waals surface area contributed by atoms with Crippen molar-refractivity contribution in [3.63, 3.8) is 0 Å². The van der Waals surface area contributed by atoms with E-state index >= 15 is 0 Å². The Balaban J connectivity index is 0.000000483. The molecule has 0 aliphatic carbocycles. The van der Waals surface area contributed by atoms with Crippen LogP contribution in [0.15, 0.2) is 60.7 Å². The number of hydrogen-bond acceptors (Lipinski definition) is 4. The van der Waals surface area contributed by atoms with Crippen molar-refractivity contribution >= 4 is 11.9 Å². The van der Waals surface area contributed by atoms with Crippen molar-refractivity contribution in [2.75, 3.05) is 7.11 Å². The fourth-order valence-corrected chi connectivity index (χ4v) is 1.68. The van der Waals surface area contributed by atoms with E-state index in [-0.39, 0.29) is 12.3 Å². The van der Waals surface area contributed by atoms with Crippen LogP contribution in [0.25, 0.3) is 0 Å². The first-order chi connectivity index (χ1) is 12.2. The molecule has 0 aliphatic rings. The minimum absolute atomic E-state index is 0.233. The van der Waals surface area contributed by atoms with Crippen LogP contribution < -0.4 is 11.1 Å². The van der Waals surface area contributed by atoms with Gasteiger partial charge in [0.15, 0.2) is 0 Å². The number of esters is 1. The van der Waals surface area contributed by atoms with Crippen LogP contribution in [0.1, 0.15) is 31.4 Å². The van der Waals surface area contributed by atoms with Gasteiger partial charge in [-0.05, 0) is 11.1 Å². The van der Waals surface area contributed by atoms with Crippen LogP contribution in [0, 0.1) is 0 Å². The summed E-state index contributed by atoms with van der Waals surface area (Å²) in [6.07, 6.45) is -0.233. The number of benzene rings is 2. The molecule has 0 atom stereocenters. The third-order valence-corrected chi connectivity index (χ3v) is 2.94. The molecule has 0 spiro atoms. The van der Waals surface area contributed by atoms with E-state index in [1.54, 1.807) is 0 Å². The second-order valence-electron chi connectivity index (χ2n) is 4.70. The number of methoxy groups -OCH3 is 1. The number of hydrogen-bond donors (Lipinski definition) is 2. The third kappa shape index (κ3) is 11.5. The third-order valence-electron chi connectivity index (χ3n) is 2.94. The molecule has 5 nitrogen and oxygen atoms in total. The molecule has 25 heavy (non-hydrogen) atoms. The van der Waals surface area contributed by atoms with Crippen LogP contribution in [0.3, 0.4) is 0 Å². The Morgan fingerprint density at radius 3 is 1.80 bits per heavy atom. The van der Waals surface area contributed by atoms with Gasteiger partial charge in [-0.2, -0.15) is 0 Å². The number of amides is 1. The van der Waals surface area contributed by atoms with Gasteiger partial charge in [0.05, 0.1) is 7.11 Å². The lowest BCUT2D eigenvalue weighted by atomic mass is 10.2. The van der Waals surface area contributed by atoms with Gasteiger partial charge in [0.2, 0.25) is 5.91 Å². The fourth-order valence-electron chi connectivity index (χ4n) is 1.68. The van der Waals surface area contributed by atoms with Crippen molar-refractivity contribution in [3.05, 3.63) is 71.8 Å². The largest absolute Gasteiger partial charge is 0.469 e. The molecule has 2 aromatic rings. The number of carbonyl (C=O) groups excluding carboxylic acids is 2. The Hall–Kier alpha value is -2.66. The molecule has 0 bridgehead atoms. The molecule has 0 aromatic heterocycles. The van der Waals surface area contributed by atoms with Crippen LogP contribution >= 0.6 is 0 Å². The molecular formula is C20H28N2O3. The van der Waals surface area contributed by atoms with Gasteiger partial charge in [-0.15, -0.1) is 0 Å². The standard InChI is InChI=1S/C11H13NO3.C7H9N.C2H6/c1-15-11(14)7-10(13)12-8-9-5-3-2-4-6-9;8-6-7-4-2-1-3-5-7;1-2/h2-6H,7-8H2,1H3,(H,12,13);1-5H,6,8H2;1-2H3. The van der Waals surface area contributed by atoms with E-state index in [0.29, 0.717) is 13.1 Å². The molecule has 136 valence electrons. The number of carbonyl (C=O) groups is 2. The Morgan fingerprint density at radius 1 is 0.920 bits per heavy atom. The van der Waals surface area contributed by atoms with Gasteiger partial charge >= 0.3 is 5.97 Å². The van der Waals surface area contributed by atoms with Crippen LogP contribution in [-0.2, 0) is 27.4 Å². The minimum atomic E-state index is -0.527. The van der Waals surface area contributed by atoms with E-state index in [1.165, 1.54) is 12.7 Å². The maximum atomic E-state index is 11.2. The van der Waals surface area contributed by atoms with Crippen molar-refractivity contribution in [1.29, 1.82) is 0 Å². The Bertz CT molecular complexity index is 586. The highest BCUT2D eigenvalue weighted by atomic mass is 16.5. The maximum absolute atomic E-state index is 11.2. The summed E-state index contributed by atoms with van der Waals surface area (Å²) < 4.78 is 4.37. The topological polar surface area (TPSA) is 81.4 Å². The predicted molar refractivity (Wildman–Crippen MR) is 101 cm³/mol. The predicted octanol–water partition coefficient (Wildman–Crippen LogP) is 3.04. The van der Waals surface area contributed by atoms with Gasteiger partial charge in [0.25, 0.3) is 0 Å². The zero-order chi connectivity index (χ0) is 18.9. The number of ether oxygens (including phenoxy) is 1. The highest BCUT2D eigenvalue weighted by molar-refractivity contribution is 5.94. The summed E-state index contributed by atoms with van der Waals surface area (Å²) in [5, 5.41) is 2.62. The van der Waals surface area contributed by atoms with Gasteiger partial charge in [0.1, 0.15) is 6.42 Å². The first-order valence-corrected chi connectivity index (χ1v) is 8.27. The fraction of sp³-hybridized carbons (Fsp3) is 0.300. The number of nitrogens with two attached hydrogens (primary N) is 1. The molecule has 0 radical (unpaired) electrons. The summed E-state index contributed by atoms with van der Waals surface area (Å²) in [5.41, 5.74) is 7.53. The van der Waals surface area contributed by atoms with E-state index in [2.05, 4.69) is 10.1 Å². The molecule has 1 amide bonds. The minimum Gasteiger partial charge on any atom is -0.469 e. The summed E-state index contributed by atoms with van der Waals surface area (Å²) >= 11 is 0. The van der Waals surface area contributed by atoms with E-state index in [9.17, 15) is 9.59 Å². The first-order valence-electron chi connectivity index (χ1n) is 8.27. The zero-order valence-electron chi connectivity index (χ0n) is 15.2. The van der Waals surface area contributed by atoms with Crippen LogP contribution in [0.2, 0.25) is 0 Å². The van der Waals surface area contributed by atoms with Gasteiger partial charge < -0.3 is 15.8 Å². The molecule has 0 unspecified atom stereocenters. The molecule has 2 aromatic carbocycles. The summed E-state index contributed by atoms with van der Waals surface area (Å²) in [7, 11) is 1.26. The van der Waals surface area contributed by atoms with Gasteiger partial charge in [-0.1, -0.05) is 74.5 Å². The first kappa shape index (κ1) is 22.3. The van der Waals surface area contributed by atoms with Gasteiger partial charge in [-0.25, -0.2) is 0 Å². The average molecular weight is 344 g/mol. The molecule has 0 aliphatic heterocycles. The quantitative estimate of drug-likeness (QED) is 0.645. The van der Waals surface area contributed by atoms with Crippen LogP contribution in [0.5, 0.6) is 0 Å². The van der Waals surface area contributed by atoms with E-state index in [4.69, 9.17) is 5.73 Å². The molecule has 5 heteroatoms. The molecule has 3 N–H and O–H groups in total. The highest BCUT2D eigenvalue weighted by Crippen LogP contribution is 1.97. The monoisotopic (exact) mass is 344 g/mol. The van der Waals surface area contributed by atoms with Gasteiger partial charge in [0, 0.05) is 13.1 Å². The zero-order valence-corrected chi connectivity index (χ0v) is 15.2. The van der Waals surface area contributed by atoms with E-state index in [1.807, 2.05) is 74.5 Å². The molecule has 0 saturated carbocycles. The van der Waals surface area contributed by atoms with Crippen LogP contribution in [-0.4, -0.2) is 19.0 Å². The Morgan fingerprint density at radius 2 is 1.40 bits per heavy atom. The lowest BCUT2D eigenvalue weighted by Gasteiger charge is -2.03. The summed E-state index contributed by atoms with van der Waals surface area (Å²) in [6, 6.07) is 19.5. The smallest absolute Gasteiger partial charge is 0.315 e. The molecular weight excluding hydrogens is 316 g/mol. The van der Waals surface area contributed by atoms with E-state index in [0.717, 1.165) is 5.56 Å². The molecule has 0 heterocycles. The Kier molecular flexibility index (Phi) is 13.3. The van der Waals surface area contributed by atoms with Crippen molar-refractivity contribution in [2.45, 2.75) is 33.4 Å². The Labute approximate surface area is 150 Å². The van der Waals surface area contributed by atoms with Crippen molar-refractivity contribution in [2.24, 2.45) is 5.73 Å². The highest BCUT2D eigenvalue weighted by Gasteiger charge is 2.08. The lowest BCUT2D eigenvalue weighted by Crippen LogP contribution is -2.25. The summed E-state index contributed by atoms with van der Waals surface area (Å²) in [6.45, 7) is 5.07. The van der Waals surface area contributed by atoms with Crippen LogP contribution in [0.4, 0.5) is 0 Å². The number of rotatable bonds is 5. The van der Waals surface area contributed by atoms with Crippen molar-refractivity contribution in [1.82, 2.24) is 5.32 Å². The molecule has 2 rings (SSSR count). The van der Waals surface area contributed by atoms with Crippen molar-refractivity contribution < 1.29 is 14.3 Å². The van der Waals surface area contributed by atoms with Crippen molar-refractivity contribution in [3.8, 4) is 0 Å². The molecule has 0 fully saturated rings. The maximum Gasteiger partial charge on any atom is 0.315 e. The average Bonchev–Trinajstić information content (AvgIpc) is 2.69. The second kappa shape index (κ2) is 14.9. The van der Waals surface area contributed by atoms with E-state index < -0.39 is 5.97 Å². The summed E-state index contributed by atoms with van der Waals surface area (Å²) in [4.78, 5) is 21.9. The molecule has 0 saturated heterocycles. The normalized spacial score (nSPS) is 8.80.